The molecule has 0 amide bonds. The van der Waals surface area contributed by atoms with Crippen LogP contribution in [0, 0.1) is 0 Å². The molecule has 1 aromatic rings. The largest absolute Gasteiger partial charge is 0.395 e. The first-order valence-corrected chi connectivity index (χ1v) is 7.34. The van der Waals surface area contributed by atoms with E-state index >= 15 is 0 Å². The number of aliphatic hydroxyl groups excluding tert-OH is 1. The molecule has 3 nitrogen and oxygen atoms in total. The Morgan fingerprint density at radius 3 is 2.74 bits per heavy atom. The van der Waals surface area contributed by atoms with Crippen LogP contribution in [-0.4, -0.2) is 54.2 Å². The van der Waals surface area contributed by atoms with Gasteiger partial charge in [-0.2, -0.15) is 0 Å². The fourth-order valence-electron chi connectivity index (χ4n) is 2.75. The van der Waals surface area contributed by atoms with Crippen molar-refractivity contribution in [3.63, 3.8) is 0 Å². The summed E-state index contributed by atoms with van der Waals surface area (Å²) < 4.78 is 0. The van der Waals surface area contributed by atoms with Gasteiger partial charge in [-0.25, -0.2) is 0 Å². The van der Waals surface area contributed by atoms with Crippen LogP contribution in [0.2, 0.25) is 5.02 Å². The zero-order valence-electron chi connectivity index (χ0n) is 11.6. The minimum Gasteiger partial charge on any atom is -0.395 e. The maximum Gasteiger partial charge on any atom is 0.0558 e. The molecule has 1 fully saturated rings. The highest BCUT2D eigenvalue weighted by Crippen LogP contribution is 2.19. The summed E-state index contributed by atoms with van der Waals surface area (Å²) in [5.41, 5.74) is 1.22. The van der Waals surface area contributed by atoms with E-state index in [9.17, 15) is 5.11 Å². The number of hydrogen-bond acceptors (Lipinski definition) is 3. The van der Waals surface area contributed by atoms with Crippen molar-refractivity contribution in [3.8, 4) is 0 Å². The van der Waals surface area contributed by atoms with Gasteiger partial charge in [0.05, 0.1) is 6.61 Å². The van der Waals surface area contributed by atoms with E-state index in [0.717, 1.165) is 31.2 Å². The molecular weight excluding hydrogens is 260 g/mol. The number of aliphatic hydroxyl groups is 1. The van der Waals surface area contributed by atoms with Crippen LogP contribution in [-0.2, 0) is 6.54 Å². The third-order valence-electron chi connectivity index (χ3n) is 3.87. The minimum absolute atomic E-state index is 0.215. The Bertz CT molecular complexity index is 391. The molecule has 106 valence electrons. The first kappa shape index (κ1) is 14.8. The molecule has 1 aliphatic heterocycles. The lowest BCUT2D eigenvalue weighted by molar-refractivity contribution is 0.0941. The molecule has 19 heavy (non-hydrogen) atoms. The summed E-state index contributed by atoms with van der Waals surface area (Å²) in [5, 5.41) is 10.1. The van der Waals surface area contributed by atoms with Crippen LogP contribution in [0.1, 0.15) is 18.4 Å². The standard InChI is InChI=1S/C15H23ClN2O/c1-17-7-5-15(6-8-17)18(9-10-19)12-13-3-2-4-14(16)11-13/h2-4,11,15,19H,5-10,12H2,1H3. The summed E-state index contributed by atoms with van der Waals surface area (Å²) in [5.74, 6) is 0. The fourth-order valence-corrected chi connectivity index (χ4v) is 2.96. The lowest BCUT2D eigenvalue weighted by Crippen LogP contribution is -2.44. The lowest BCUT2D eigenvalue weighted by atomic mass is 10.0. The Hall–Kier alpha value is -0.610. The normalized spacial score (nSPS) is 18.1. The summed E-state index contributed by atoms with van der Waals surface area (Å²) in [6.45, 7) is 4.10. The molecule has 0 radical (unpaired) electrons. The van der Waals surface area contributed by atoms with Crippen LogP contribution in [0.25, 0.3) is 0 Å². The molecule has 1 saturated heterocycles. The maximum atomic E-state index is 9.27. The molecule has 0 aliphatic carbocycles. The Morgan fingerprint density at radius 1 is 1.37 bits per heavy atom. The molecule has 0 atom stereocenters. The van der Waals surface area contributed by atoms with Gasteiger partial charge >= 0.3 is 0 Å². The molecule has 1 N–H and O–H groups in total. The zero-order valence-corrected chi connectivity index (χ0v) is 12.3. The van der Waals surface area contributed by atoms with Gasteiger partial charge in [-0.3, -0.25) is 4.90 Å². The molecule has 1 aromatic carbocycles. The van der Waals surface area contributed by atoms with Crippen molar-refractivity contribution >= 4 is 11.6 Å². The van der Waals surface area contributed by atoms with Crippen molar-refractivity contribution < 1.29 is 5.11 Å². The summed E-state index contributed by atoms with van der Waals surface area (Å²) in [4.78, 5) is 4.76. The van der Waals surface area contributed by atoms with Crippen LogP contribution in [0.3, 0.4) is 0 Å². The summed E-state index contributed by atoms with van der Waals surface area (Å²) in [6, 6.07) is 8.58. The molecular formula is C15H23ClN2O. The van der Waals surface area contributed by atoms with Crippen molar-refractivity contribution in [2.75, 3.05) is 33.3 Å². The van der Waals surface area contributed by atoms with Gasteiger partial charge in [-0.15, -0.1) is 0 Å². The average Bonchev–Trinajstić information content (AvgIpc) is 2.39. The van der Waals surface area contributed by atoms with E-state index in [1.807, 2.05) is 18.2 Å². The van der Waals surface area contributed by atoms with Gasteiger partial charge in [0.2, 0.25) is 0 Å². The van der Waals surface area contributed by atoms with Crippen LogP contribution >= 0.6 is 11.6 Å². The fraction of sp³-hybridized carbons (Fsp3) is 0.600. The quantitative estimate of drug-likeness (QED) is 0.897. The summed E-state index contributed by atoms with van der Waals surface area (Å²) >= 11 is 6.04. The van der Waals surface area contributed by atoms with Gasteiger partial charge in [0.15, 0.2) is 0 Å². The highest BCUT2D eigenvalue weighted by molar-refractivity contribution is 6.30. The third-order valence-corrected chi connectivity index (χ3v) is 4.10. The van der Waals surface area contributed by atoms with Crippen molar-refractivity contribution in [3.05, 3.63) is 34.9 Å². The van der Waals surface area contributed by atoms with Crippen LogP contribution in [0.5, 0.6) is 0 Å². The number of rotatable bonds is 5. The highest BCUT2D eigenvalue weighted by Gasteiger charge is 2.22. The molecule has 0 bridgehead atoms. The molecule has 1 heterocycles. The summed E-state index contributed by atoms with van der Waals surface area (Å²) in [6.07, 6.45) is 2.36. The van der Waals surface area contributed by atoms with Gasteiger partial charge in [-0.1, -0.05) is 23.7 Å². The van der Waals surface area contributed by atoms with E-state index in [2.05, 4.69) is 22.9 Å². The second-order valence-corrected chi connectivity index (χ2v) is 5.79. The number of likely N-dealkylation sites (tertiary alicyclic amines) is 1. The van der Waals surface area contributed by atoms with E-state index in [4.69, 9.17) is 11.6 Å². The Kier molecular flexibility index (Phi) is 5.64. The van der Waals surface area contributed by atoms with E-state index < -0.39 is 0 Å². The number of hydrogen-bond donors (Lipinski definition) is 1. The Labute approximate surface area is 120 Å². The SMILES string of the molecule is CN1CCC(N(CCO)Cc2cccc(Cl)c2)CC1. The average molecular weight is 283 g/mol. The van der Waals surface area contributed by atoms with Gasteiger partial charge in [0.1, 0.15) is 0 Å². The number of halogens is 1. The van der Waals surface area contributed by atoms with Crippen LogP contribution in [0.15, 0.2) is 24.3 Å². The van der Waals surface area contributed by atoms with Crippen LogP contribution in [0.4, 0.5) is 0 Å². The first-order valence-electron chi connectivity index (χ1n) is 6.97. The van der Waals surface area contributed by atoms with Gasteiger partial charge < -0.3 is 10.0 Å². The van der Waals surface area contributed by atoms with Crippen molar-refractivity contribution in [2.45, 2.75) is 25.4 Å². The monoisotopic (exact) mass is 282 g/mol. The summed E-state index contributed by atoms with van der Waals surface area (Å²) in [7, 11) is 2.17. The molecule has 0 saturated carbocycles. The molecule has 1 aliphatic rings. The smallest absolute Gasteiger partial charge is 0.0558 e. The first-order chi connectivity index (χ1) is 9.19. The van der Waals surface area contributed by atoms with Gasteiger partial charge in [-0.05, 0) is 50.7 Å². The van der Waals surface area contributed by atoms with Crippen molar-refractivity contribution in [1.82, 2.24) is 9.80 Å². The predicted octanol–water partition coefficient (Wildman–Crippen LogP) is 2.23. The van der Waals surface area contributed by atoms with E-state index in [1.54, 1.807) is 0 Å². The van der Waals surface area contributed by atoms with Crippen molar-refractivity contribution in [2.24, 2.45) is 0 Å². The van der Waals surface area contributed by atoms with E-state index in [0.29, 0.717) is 6.04 Å². The minimum atomic E-state index is 0.215. The number of piperidine rings is 1. The third kappa shape index (κ3) is 4.46. The topological polar surface area (TPSA) is 26.7 Å². The molecule has 4 heteroatoms. The lowest BCUT2D eigenvalue weighted by Gasteiger charge is -2.37. The van der Waals surface area contributed by atoms with E-state index in [-0.39, 0.29) is 6.61 Å². The zero-order chi connectivity index (χ0) is 13.7. The Morgan fingerprint density at radius 2 is 2.11 bits per heavy atom. The second kappa shape index (κ2) is 7.25. The van der Waals surface area contributed by atoms with Crippen LogP contribution < -0.4 is 0 Å². The predicted molar refractivity (Wildman–Crippen MR) is 79.5 cm³/mol. The molecule has 2 rings (SSSR count). The molecule has 0 aromatic heterocycles. The molecule has 0 unspecified atom stereocenters. The second-order valence-electron chi connectivity index (χ2n) is 5.36. The maximum absolute atomic E-state index is 9.27. The van der Waals surface area contributed by atoms with Gasteiger partial charge in [0, 0.05) is 24.2 Å². The molecule has 0 spiro atoms. The van der Waals surface area contributed by atoms with Crippen molar-refractivity contribution in [1.29, 1.82) is 0 Å². The Balaban J connectivity index is 1.99. The van der Waals surface area contributed by atoms with Gasteiger partial charge in [0.25, 0.3) is 0 Å². The number of nitrogens with zero attached hydrogens (tertiary/aromatic N) is 2. The van der Waals surface area contributed by atoms with E-state index in [1.165, 1.54) is 18.4 Å². The number of benzene rings is 1. The highest BCUT2D eigenvalue weighted by atomic mass is 35.5.